The molecule has 2 aromatic heterocycles. The molecule has 2 heterocycles. The van der Waals surface area contributed by atoms with E-state index in [1.54, 1.807) is 0 Å². The first-order valence-corrected chi connectivity index (χ1v) is 8.86. The average molecular weight is 483 g/mol. The van der Waals surface area contributed by atoms with Gasteiger partial charge in [-0.15, -0.1) is 0 Å². The van der Waals surface area contributed by atoms with Crippen molar-refractivity contribution in [2.45, 2.75) is 12.4 Å². The van der Waals surface area contributed by atoms with Gasteiger partial charge in [0.05, 0.1) is 21.2 Å². The van der Waals surface area contributed by atoms with E-state index in [1.807, 2.05) is 0 Å². The molecule has 0 atom stereocenters. The summed E-state index contributed by atoms with van der Waals surface area (Å²) >= 11 is 11.4. The molecule has 0 fully saturated rings. The topological polar surface area (TPSA) is 88.8 Å². The summed E-state index contributed by atoms with van der Waals surface area (Å²) in [5.41, 5.74) is 3.65. The Morgan fingerprint density at radius 3 is 2.00 bits per heavy atom. The number of hydrogen-bond acceptors (Lipinski definition) is 6. The van der Waals surface area contributed by atoms with Crippen LogP contribution in [0.3, 0.4) is 0 Å². The molecule has 164 valence electrons. The molecule has 1 aromatic carbocycles. The van der Waals surface area contributed by atoms with E-state index in [9.17, 15) is 26.3 Å². The lowest BCUT2D eigenvalue weighted by Crippen LogP contribution is -2.09. The van der Waals surface area contributed by atoms with E-state index in [1.165, 1.54) is 6.07 Å². The van der Waals surface area contributed by atoms with Crippen molar-refractivity contribution in [2.75, 3.05) is 16.4 Å². The molecular weight excluding hydrogens is 473 g/mol. The molecule has 14 heteroatoms. The number of alkyl halides is 6. The van der Waals surface area contributed by atoms with E-state index >= 15 is 0 Å². The fourth-order valence-corrected chi connectivity index (χ4v) is 2.79. The highest BCUT2D eigenvalue weighted by molar-refractivity contribution is 6.33. The molecule has 6 nitrogen and oxygen atoms in total. The van der Waals surface area contributed by atoms with Crippen molar-refractivity contribution in [2.24, 2.45) is 0 Å². The number of pyridine rings is 1. The summed E-state index contributed by atoms with van der Waals surface area (Å²) in [6.45, 7) is 0. The molecule has 31 heavy (non-hydrogen) atoms. The molecule has 0 unspecified atom stereocenters. The van der Waals surface area contributed by atoms with Gasteiger partial charge >= 0.3 is 12.4 Å². The molecule has 0 saturated heterocycles. The van der Waals surface area contributed by atoms with Crippen molar-refractivity contribution in [3.05, 3.63) is 58.0 Å². The molecule has 0 aliphatic heterocycles. The van der Waals surface area contributed by atoms with Crippen LogP contribution in [0.4, 0.5) is 55.2 Å². The molecule has 0 amide bonds. The summed E-state index contributed by atoms with van der Waals surface area (Å²) in [4.78, 5) is 11.3. The molecule has 3 aromatic rings. The smallest absolute Gasteiger partial charge is 0.393 e. The Bertz CT molecular complexity index is 1120. The maximum Gasteiger partial charge on any atom is 0.417 e. The summed E-state index contributed by atoms with van der Waals surface area (Å²) in [5, 5.41) is 4.33. The van der Waals surface area contributed by atoms with Crippen molar-refractivity contribution < 1.29 is 26.3 Å². The van der Waals surface area contributed by atoms with Crippen molar-refractivity contribution in [3.8, 4) is 0 Å². The summed E-state index contributed by atoms with van der Waals surface area (Å²) in [7, 11) is 0. The third-order valence-electron chi connectivity index (χ3n) is 3.82. The Labute approximate surface area is 180 Å². The van der Waals surface area contributed by atoms with Crippen LogP contribution in [0.2, 0.25) is 10.0 Å². The van der Waals surface area contributed by atoms with E-state index in [0.717, 1.165) is 18.5 Å². The van der Waals surface area contributed by atoms with Gasteiger partial charge in [-0.05, 0) is 24.3 Å². The second-order valence-electron chi connectivity index (χ2n) is 5.98. The van der Waals surface area contributed by atoms with Crippen molar-refractivity contribution in [1.82, 2.24) is 15.0 Å². The number of nitrogens with one attached hydrogen (secondary N) is 2. The Morgan fingerprint density at radius 1 is 0.774 bits per heavy atom. The maximum absolute atomic E-state index is 13.0. The third-order valence-corrected chi connectivity index (χ3v) is 4.44. The number of nitrogens with two attached hydrogens (primary N) is 1. The summed E-state index contributed by atoms with van der Waals surface area (Å²) in [5.74, 6) is -0.329. The van der Waals surface area contributed by atoms with Gasteiger partial charge in [-0.3, -0.25) is 0 Å². The van der Waals surface area contributed by atoms with E-state index < -0.39 is 28.5 Å². The van der Waals surface area contributed by atoms with Crippen molar-refractivity contribution >= 4 is 52.0 Å². The number of anilines is 5. The third kappa shape index (κ3) is 5.20. The van der Waals surface area contributed by atoms with Crippen LogP contribution in [0.1, 0.15) is 11.1 Å². The van der Waals surface area contributed by atoms with Gasteiger partial charge in [0.15, 0.2) is 11.6 Å². The first-order valence-electron chi connectivity index (χ1n) is 8.10. The van der Waals surface area contributed by atoms with Gasteiger partial charge in [0.25, 0.3) is 0 Å². The van der Waals surface area contributed by atoms with E-state index in [4.69, 9.17) is 28.9 Å². The predicted octanol–water partition coefficient (Wildman–Crippen LogP) is 6.29. The molecular formula is C17H10Cl2F6N6. The lowest BCUT2D eigenvalue weighted by molar-refractivity contribution is -0.138. The zero-order valence-corrected chi connectivity index (χ0v) is 16.4. The van der Waals surface area contributed by atoms with Gasteiger partial charge < -0.3 is 16.4 Å². The monoisotopic (exact) mass is 482 g/mol. The fourth-order valence-electron chi connectivity index (χ4n) is 2.35. The first-order chi connectivity index (χ1) is 14.4. The number of aromatic nitrogens is 3. The predicted molar refractivity (Wildman–Crippen MR) is 104 cm³/mol. The van der Waals surface area contributed by atoms with Gasteiger partial charge in [-0.1, -0.05) is 23.2 Å². The zero-order chi connectivity index (χ0) is 23.0. The normalized spacial score (nSPS) is 12.0. The Hall–Kier alpha value is -2.99. The number of rotatable bonds is 4. The minimum absolute atomic E-state index is 0.0150. The van der Waals surface area contributed by atoms with E-state index in [-0.39, 0.29) is 33.9 Å². The van der Waals surface area contributed by atoms with Crippen molar-refractivity contribution in [3.63, 3.8) is 0 Å². The quantitative estimate of drug-likeness (QED) is 0.379. The van der Waals surface area contributed by atoms with Gasteiger partial charge in [-0.2, -0.15) is 26.3 Å². The van der Waals surface area contributed by atoms with E-state index in [2.05, 4.69) is 25.6 Å². The lowest BCUT2D eigenvalue weighted by atomic mass is 10.2. The van der Waals surface area contributed by atoms with Gasteiger partial charge in [0.2, 0.25) is 0 Å². The second kappa shape index (κ2) is 8.27. The minimum atomic E-state index is -4.68. The van der Waals surface area contributed by atoms with E-state index in [0.29, 0.717) is 12.3 Å². The number of halogens is 8. The number of nitrogens with zero attached hydrogens (tertiary/aromatic N) is 3. The highest BCUT2D eigenvalue weighted by Gasteiger charge is 2.33. The van der Waals surface area contributed by atoms with Gasteiger partial charge in [-0.25, -0.2) is 15.0 Å². The fraction of sp³-hybridized carbons (Fsp3) is 0.118. The summed E-state index contributed by atoms with van der Waals surface area (Å²) < 4.78 is 77.3. The zero-order valence-electron chi connectivity index (χ0n) is 14.9. The van der Waals surface area contributed by atoms with Crippen LogP contribution in [-0.4, -0.2) is 15.0 Å². The lowest BCUT2D eigenvalue weighted by Gasteiger charge is -2.15. The maximum atomic E-state index is 13.0. The molecule has 0 aliphatic carbocycles. The molecule has 0 bridgehead atoms. The largest absolute Gasteiger partial charge is 0.417 e. The number of benzene rings is 1. The summed E-state index contributed by atoms with van der Waals surface area (Å²) in [6.07, 6.45) is -7.71. The number of nitrogen functional groups attached to an aromatic ring is 1. The molecule has 0 saturated carbocycles. The van der Waals surface area contributed by atoms with Gasteiger partial charge in [0, 0.05) is 11.9 Å². The molecule has 0 spiro atoms. The highest BCUT2D eigenvalue weighted by atomic mass is 35.5. The van der Waals surface area contributed by atoms with Crippen LogP contribution in [0.25, 0.3) is 0 Å². The van der Waals surface area contributed by atoms with Crippen LogP contribution < -0.4 is 16.4 Å². The Kier molecular flexibility index (Phi) is 6.05. The van der Waals surface area contributed by atoms with Crippen LogP contribution >= 0.6 is 23.2 Å². The molecule has 3 rings (SSSR count). The SMILES string of the molecule is Nc1c(Nc2ccc(Cl)c(C(F)(F)F)c2)ncnc1Nc1ncc(C(F)(F)F)cc1Cl. The second-order valence-corrected chi connectivity index (χ2v) is 6.79. The standard InChI is InChI=1S/C17H10Cl2F6N6/c18-10-2-1-8(4-9(10)17(23,24)25)30-14-12(26)15(29-6-28-14)31-13-11(19)3-7(5-27-13)16(20,21)22/h1-6H,26H2,(H2,27,28,29,30,31). The molecule has 0 aliphatic rings. The summed E-state index contributed by atoms with van der Waals surface area (Å²) in [6, 6.07) is 3.76. The van der Waals surface area contributed by atoms with Crippen LogP contribution in [0.15, 0.2) is 36.8 Å². The minimum Gasteiger partial charge on any atom is -0.393 e. The van der Waals surface area contributed by atoms with Crippen molar-refractivity contribution in [1.29, 1.82) is 0 Å². The van der Waals surface area contributed by atoms with Crippen LogP contribution in [0, 0.1) is 0 Å². The molecule has 0 radical (unpaired) electrons. The van der Waals surface area contributed by atoms with Crippen LogP contribution in [0.5, 0.6) is 0 Å². The van der Waals surface area contributed by atoms with Crippen LogP contribution in [-0.2, 0) is 12.4 Å². The first kappa shape index (κ1) is 22.7. The van der Waals surface area contributed by atoms with Gasteiger partial charge in [0.1, 0.15) is 17.8 Å². The Balaban J connectivity index is 1.88. The molecule has 4 N–H and O–H groups in total. The highest BCUT2D eigenvalue weighted by Crippen LogP contribution is 2.38. The number of hydrogen-bond donors (Lipinski definition) is 3. The average Bonchev–Trinajstić information content (AvgIpc) is 2.66. The Morgan fingerprint density at radius 2 is 1.42 bits per heavy atom.